The first-order valence-corrected chi connectivity index (χ1v) is 7.74. The summed E-state index contributed by atoms with van der Waals surface area (Å²) >= 11 is 3.63. The minimum absolute atomic E-state index is 0.0284. The van der Waals surface area contributed by atoms with Crippen LogP contribution in [0.5, 0.6) is 0 Å². The summed E-state index contributed by atoms with van der Waals surface area (Å²) in [5, 5.41) is 0. The van der Waals surface area contributed by atoms with Crippen molar-refractivity contribution < 1.29 is 9.18 Å². The number of anilines is 1. The lowest BCUT2D eigenvalue weighted by atomic mass is 10.0. The van der Waals surface area contributed by atoms with E-state index in [4.69, 9.17) is 0 Å². The molecule has 0 saturated carbocycles. The van der Waals surface area contributed by atoms with Gasteiger partial charge in [-0.25, -0.2) is 4.39 Å². The lowest BCUT2D eigenvalue weighted by molar-refractivity contribution is -0.117. The molecule has 1 amide bonds. The summed E-state index contributed by atoms with van der Waals surface area (Å²) in [7, 11) is 1.79. The number of benzene rings is 2. The fourth-order valence-electron chi connectivity index (χ4n) is 2.66. The Morgan fingerprint density at radius 3 is 2.81 bits per heavy atom. The Morgan fingerprint density at radius 1 is 1.29 bits per heavy atom. The van der Waals surface area contributed by atoms with E-state index in [-0.39, 0.29) is 16.6 Å². The van der Waals surface area contributed by atoms with E-state index in [2.05, 4.69) is 15.9 Å². The molecule has 0 aliphatic carbocycles. The summed E-state index contributed by atoms with van der Waals surface area (Å²) in [6, 6.07) is 12.8. The van der Waals surface area contributed by atoms with Crippen molar-refractivity contribution in [2.75, 3.05) is 11.9 Å². The van der Waals surface area contributed by atoms with Crippen LogP contribution in [0.4, 0.5) is 10.1 Å². The maximum absolute atomic E-state index is 13.7. The number of hydrogen-bond acceptors (Lipinski definition) is 1. The molecule has 2 nitrogen and oxygen atoms in total. The Morgan fingerprint density at radius 2 is 2.05 bits per heavy atom. The average Bonchev–Trinajstić information content (AvgIpc) is 2.76. The summed E-state index contributed by atoms with van der Waals surface area (Å²) in [4.78, 5) is 13.4. The van der Waals surface area contributed by atoms with Gasteiger partial charge in [0.05, 0.1) is 6.42 Å². The zero-order valence-electron chi connectivity index (χ0n) is 11.6. The van der Waals surface area contributed by atoms with Crippen LogP contribution in [0.2, 0.25) is 0 Å². The summed E-state index contributed by atoms with van der Waals surface area (Å²) in [5.41, 5.74) is 3.76. The Hall–Kier alpha value is -1.68. The van der Waals surface area contributed by atoms with Crippen molar-refractivity contribution in [1.29, 1.82) is 0 Å². The number of rotatable bonds is 3. The van der Waals surface area contributed by atoms with Gasteiger partial charge in [-0.3, -0.25) is 4.79 Å². The maximum atomic E-state index is 13.7. The molecule has 0 radical (unpaired) electrons. The second-order valence-electron chi connectivity index (χ2n) is 5.28. The Labute approximate surface area is 131 Å². The van der Waals surface area contributed by atoms with E-state index in [1.54, 1.807) is 24.1 Å². The molecule has 21 heavy (non-hydrogen) atoms. The zero-order valence-corrected chi connectivity index (χ0v) is 13.2. The topological polar surface area (TPSA) is 20.3 Å². The molecule has 0 saturated heterocycles. The Balaban J connectivity index is 1.84. The van der Waals surface area contributed by atoms with Gasteiger partial charge in [-0.1, -0.05) is 46.3 Å². The summed E-state index contributed by atoms with van der Waals surface area (Å²) < 4.78 is 13.7. The molecule has 108 valence electrons. The van der Waals surface area contributed by atoms with E-state index >= 15 is 0 Å². The molecule has 0 N–H and O–H groups in total. The van der Waals surface area contributed by atoms with Gasteiger partial charge < -0.3 is 4.90 Å². The molecule has 4 heteroatoms. The van der Waals surface area contributed by atoms with Gasteiger partial charge in [0, 0.05) is 17.6 Å². The molecule has 1 unspecified atom stereocenters. The van der Waals surface area contributed by atoms with Crippen LogP contribution in [0.1, 0.15) is 21.5 Å². The van der Waals surface area contributed by atoms with Crippen molar-refractivity contribution in [3.8, 4) is 0 Å². The smallest absolute Gasteiger partial charge is 0.231 e. The molecule has 0 spiro atoms. The van der Waals surface area contributed by atoms with Gasteiger partial charge in [0.25, 0.3) is 0 Å². The predicted molar refractivity (Wildman–Crippen MR) is 85.3 cm³/mol. The van der Waals surface area contributed by atoms with Crippen LogP contribution < -0.4 is 4.90 Å². The van der Waals surface area contributed by atoms with Crippen LogP contribution >= 0.6 is 15.9 Å². The number of alkyl halides is 1. The minimum atomic E-state index is -0.182. The molecule has 1 heterocycles. The summed E-state index contributed by atoms with van der Waals surface area (Å²) in [6.07, 6.45) is 1.02. The average molecular weight is 348 g/mol. The number of fused-ring (bicyclic) bond motifs is 1. The molecule has 1 aliphatic rings. The highest BCUT2D eigenvalue weighted by molar-refractivity contribution is 9.09. The number of carbonyl (C=O) groups excluding carboxylic acids is 1. The van der Waals surface area contributed by atoms with Gasteiger partial charge in [0.15, 0.2) is 0 Å². The molecule has 1 aliphatic heterocycles. The number of carbonyl (C=O) groups is 1. The summed E-state index contributed by atoms with van der Waals surface area (Å²) in [6.45, 7) is 0. The van der Waals surface area contributed by atoms with E-state index in [0.29, 0.717) is 18.4 Å². The largest absolute Gasteiger partial charge is 0.315 e. The third kappa shape index (κ3) is 2.72. The highest BCUT2D eigenvalue weighted by Crippen LogP contribution is 2.34. The van der Waals surface area contributed by atoms with E-state index < -0.39 is 0 Å². The predicted octanol–water partition coefficient (Wildman–Crippen LogP) is 4.02. The molecule has 2 aromatic rings. The van der Waals surface area contributed by atoms with Crippen LogP contribution in [-0.2, 0) is 17.6 Å². The van der Waals surface area contributed by atoms with E-state index in [9.17, 15) is 9.18 Å². The van der Waals surface area contributed by atoms with E-state index in [0.717, 1.165) is 16.8 Å². The Bertz CT molecular complexity index is 701. The van der Waals surface area contributed by atoms with Crippen LogP contribution in [0.3, 0.4) is 0 Å². The number of likely N-dealkylation sites (N-methyl/N-ethyl adjacent to an activating group) is 1. The molecular formula is C17H15BrFNO. The third-order valence-electron chi connectivity index (χ3n) is 3.90. The van der Waals surface area contributed by atoms with Crippen LogP contribution in [0, 0.1) is 5.82 Å². The third-order valence-corrected chi connectivity index (χ3v) is 4.75. The standard InChI is InChI=1S/C17H15BrFNO/c1-20-16-7-6-11(8-13(16)10-17(20)21)14(18)9-12-4-2-3-5-15(12)19/h2-8,14H,9-10H2,1H3. The minimum Gasteiger partial charge on any atom is -0.315 e. The van der Waals surface area contributed by atoms with Gasteiger partial charge in [-0.2, -0.15) is 0 Å². The van der Waals surface area contributed by atoms with Gasteiger partial charge in [-0.15, -0.1) is 0 Å². The van der Waals surface area contributed by atoms with Crippen LogP contribution in [0.15, 0.2) is 42.5 Å². The number of halogens is 2. The molecule has 2 aromatic carbocycles. The first kappa shape index (κ1) is 14.3. The highest BCUT2D eigenvalue weighted by atomic mass is 79.9. The van der Waals surface area contributed by atoms with Crippen molar-refractivity contribution in [2.45, 2.75) is 17.7 Å². The van der Waals surface area contributed by atoms with Crippen LogP contribution in [-0.4, -0.2) is 13.0 Å². The Kier molecular flexibility index (Phi) is 3.81. The fourth-order valence-corrected chi connectivity index (χ4v) is 3.29. The molecule has 0 bridgehead atoms. The van der Waals surface area contributed by atoms with Gasteiger partial charge in [-0.05, 0) is 35.2 Å². The molecule has 0 fully saturated rings. The zero-order chi connectivity index (χ0) is 15.0. The van der Waals surface area contributed by atoms with E-state index in [1.807, 2.05) is 24.3 Å². The monoisotopic (exact) mass is 347 g/mol. The van der Waals surface area contributed by atoms with Crippen molar-refractivity contribution in [2.24, 2.45) is 0 Å². The number of amides is 1. The lowest BCUT2D eigenvalue weighted by Gasteiger charge is -2.14. The molecular weight excluding hydrogens is 333 g/mol. The fraction of sp³-hybridized carbons (Fsp3) is 0.235. The molecule has 0 aromatic heterocycles. The summed E-state index contributed by atoms with van der Waals surface area (Å²) in [5.74, 6) is -0.0691. The first-order valence-electron chi connectivity index (χ1n) is 6.83. The second-order valence-corrected chi connectivity index (χ2v) is 6.39. The highest BCUT2D eigenvalue weighted by Gasteiger charge is 2.24. The maximum Gasteiger partial charge on any atom is 0.231 e. The first-order chi connectivity index (χ1) is 10.1. The van der Waals surface area contributed by atoms with Crippen molar-refractivity contribution in [1.82, 2.24) is 0 Å². The number of nitrogens with zero attached hydrogens (tertiary/aromatic N) is 1. The molecule has 1 atom stereocenters. The van der Waals surface area contributed by atoms with Crippen molar-refractivity contribution in [3.05, 3.63) is 65.0 Å². The van der Waals surface area contributed by atoms with Crippen LogP contribution in [0.25, 0.3) is 0 Å². The quantitative estimate of drug-likeness (QED) is 0.767. The SMILES string of the molecule is CN1C(=O)Cc2cc(C(Br)Cc3ccccc3F)ccc21. The second kappa shape index (κ2) is 5.60. The van der Waals surface area contributed by atoms with Gasteiger partial charge in [0.1, 0.15) is 5.82 Å². The molecule has 3 rings (SSSR count). The lowest BCUT2D eigenvalue weighted by Crippen LogP contribution is -2.20. The normalized spacial score (nSPS) is 15.2. The van der Waals surface area contributed by atoms with E-state index in [1.165, 1.54) is 6.07 Å². The number of hydrogen-bond donors (Lipinski definition) is 0. The van der Waals surface area contributed by atoms with Crippen molar-refractivity contribution >= 4 is 27.5 Å². The van der Waals surface area contributed by atoms with Gasteiger partial charge >= 0.3 is 0 Å². The van der Waals surface area contributed by atoms with Gasteiger partial charge in [0.2, 0.25) is 5.91 Å². The van der Waals surface area contributed by atoms with Crippen molar-refractivity contribution in [3.63, 3.8) is 0 Å².